The summed E-state index contributed by atoms with van der Waals surface area (Å²) in [6.45, 7) is 0. The van der Waals surface area contributed by atoms with Crippen molar-refractivity contribution in [3.63, 3.8) is 0 Å². The van der Waals surface area contributed by atoms with E-state index in [1.807, 2.05) is 16.8 Å². The fourth-order valence-corrected chi connectivity index (χ4v) is 2.50. The number of hydrogen-bond donors (Lipinski definition) is 0. The van der Waals surface area contributed by atoms with E-state index in [4.69, 9.17) is 4.74 Å². The van der Waals surface area contributed by atoms with Gasteiger partial charge in [-0.1, -0.05) is 0 Å². The number of hydrogen-bond acceptors (Lipinski definition) is 3. The molecule has 1 aliphatic carbocycles. The van der Waals surface area contributed by atoms with Crippen molar-refractivity contribution in [3.8, 4) is 5.88 Å². The second-order valence-corrected chi connectivity index (χ2v) is 4.86. The van der Waals surface area contributed by atoms with Gasteiger partial charge in [-0.05, 0) is 41.6 Å². The zero-order chi connectivity index (χ0) is 11.0. The molecule has 2 aromatic heterocycles. The van der Waals surface area contributed by atoms with E-state index < -0.39 is 0 Å². The first-order valence-corrected chi connectivity index (χ1v) is 6.28. The van der Waals surface area contributed by atoms with Crippen LogP contribution in [0, 0.1) is 0 Å². The van der Waals surface area contributed by atoms with Crippen molar-refractivity contribution in [2.24, 2.45) is 0 Å². The molecule has 84 valence electrons. The Hall–Kier alpha value is -1.10. The van der Waals surface area contributed by atoms with Crippen molar-refractivity contribution in [2.45, 2.75) is 31.8 Å². The van der Waals surface area contributed by atoms with Crippen LogP contribution < -0.4 is 4.74 Å². The fraction of sp³-hybridized carbons (Fsp3) is 0.455. The maximum atomic E-state index is 5.90. The molecule has 16 heavy (non-hydrogen) atoms. The largest absolute Gasteiger partial charge is 0.472 e. The van der Waals surface area contributed by atoms with Gasteiger partial charge in [0.05, 0.1) is 0 Å². The highest BCUT2D eigenvalue weighted by Crippen LogP contribution is 2.26. The molecule has 2 heterocycles. The van der Waals surface area contributed by atoms with Crippen LogP contribution in [0.15, 0.2) is 23.2 Å². The van der Waals surface area contributed by atoms with E-state index in [2.05, 4.69) is 25.9 Å². The molecular weight excluding hydrogens is 270 g/mol. The molecule has 3 rings (SSSR count). The van der Waals surface area contributed by atoms with Crippen LogP contribution in [-0.4, -0.2) is 20.5 Å². The molecule has 0 N–H and O–H groups in total. The predicted octanol–water partition coefficient (Wildman–Crippen LogP) is 2.81. The monoisotopic (exact) mass is 281 g/mol. The van der Waals surface area contributed by atoms with Gasteiger partial charge in [-0.25, -0.2) is 9.97 Å². The first-order chi connectivity index (χ1) is 7.83. The van der Waals surface area contributed by atoms with E-state index in [1.165, 1.54) is 12.8 Å². The Balaban J connectivity index is 1.97. The van der Waals surface area contributed by atoms with Crippen molar-refractivity contribution < 1.29 is 4.74 Å². The normalized spacial score (nSPS) is 17.1. The van der Waals surface area contributed by atoms with Crippen molar-refractivity contribution in [1.29, 1.82) is 0 Å². The van der Waals surface area contributed by atoms with Crippen molar-refractivity contribution in [1.82, 2.24) is 14.4 Å². The molecule has 0 bridgehead atoms. The molecule has 0 spiro atoms. The third-order valence-corrected chi connectivity index (χ3v) is 3.28. The molecule has 1 fully saturated rings. The molecule has 0 radical (unpaired) electrons. The van der Waals surface area contributed by atoms with Gasteiger partial charge in [0.2, 0.25) is 5.65 Å². The summed E-state index contributed by atoms with van der Waals surface area (Å²) in [5.74, 6) is 0.631. The molecule has 0 saturated heterocycles. The summed E-state index contributed by atoms with van der Waals surface area (Å²) in [6, 6.07) is 0. The van der Waals surface area contributed by atoms with E-state index >= 15 is 0 Å². The number of halogens is 1. The van der Waals surface area contributed by atoms with Gasteiger partial charge < -0.3 is 4.74 Å². The summed E-state index contributed by atoms with van der Waals surface area (Å²) in [6.07, 6.45) is 10.6. The fourth-order valence-electron chi connectivity index (χ4n) is 2.12. The number of nitrogens with zero attached hydrogens (tertiary/aromatic N) is 3. The Morgan fingerprint density at radius 3 is 3.00 bits per heavy atom. The third-order valence-electron chi connectivity index (χ3n) is 2.89. The van der Waals surface area contributed by atoms with Crippen molar-refractivity contribution in [3.05, 3.63) is 23.2 Å². The van der Waals surface area contributed by atoms with Crippen LogP contribution >= 0.6 is 15.9 Å². The maximum absolute atomic E-state index is 5.90. The van der Waals surface area contributed by atoms with E-state index in [9.17, 15) is 0 Å². The number of rotatable bonds is 2. The molecule has 1 saturated carbocycles. The maximum Gasteiger partial charge on any atom is 0.259 e. The molecule has 0 unspecified atom stereocenters. The topological polar surface area (TPSA) is 39.4 Å². The highest BCUT2D eigenvalue weighted by atomic mass is 79.9. The van der Waals surface area contributed by atoms with E-state index in [-0.39, 0.29) is 0 Å². The van der Waals surface area contributed by atoms with Crippen LogP contribution in [-0.2, 0) is 0 Å². The minimum absolute atomic E-state index is 0.308. The lowest BCUT2D eigenvalue weighted by Crippen LogP contribution is -2.12. The number of imidazole rings is 1. The molecule has 5 heteroatoms. The van der Waals surface area contributed by atoms with Gasteiger partial charge in [0, 0.05) is 18.6 Å². The number of ether oxygens (including phenoxy) is 1. The zero-order valence-electron chi connectivity index (χ0n) is 8.77. The summed E-state index contributed by atoms with van der Waals surface area (Å²) in [5, 5.41) is 0. The lowest BCUT2D eigenvalue weighted by Gasteiger charge is -2.12. The summed E-state index contributed by atoms with van der Waals surface area (Å²) in [5.41, 5.74) is 0.787. The molecule has 0 amide bonds. The van der Waals surface area contributed by atoms with Crippen molar-refractivity contribution >= 4 is 21.6 Å². The van der Waals surface area contributed by atoms with Gasteiger partial charge in [0.25, 0.3) is 5.88 Å². The molecule has 2 aromatic rings. The molecule has 0 aromatic carbocycles. The summed E-state index contributed by atoms with van der Waals surface area (Å²) in [4.78, 5) is 8.60. The minimum atomic E-state index is 0.308. The standard InChI is InChI=1S/C11H12BrN3O/c12-9-7-15-6-5-13-10(15)11(14-9)16-8-3-1-2-4-8/h5-8H,1-4H2. The average Bonchev–Trinajstić information content (AvgIpc) is 2.87. The predicted molar refractivity (Wildman–Crippen MR) is 63.6 cm³/mol. The van der Waals surface area contributed by atoms with Crippen LogP contribution in [0.3, 0.4) is 0 Å². The van der Waals surface area contributed by atoms with E-state index in [0.29, 0.717) is 12.0 Å². The second-order valence-electron chi connectivity index (χ2n) is 4.05. The Morgan fingerprint density at radius 1 is 1.38 bits per heavy atom. The van der Waals surface area contributed by atoms with Crippen LogP contribution in [0.4, 0.5) is 0 Å². The van der Waals surface area contributed by atoms with Crippen LogP contribution in [0.25, 0.3) is 5.65 Å². The first-order valence-electron chi connectivity index (χ1n) is 5.49. The van der Waals surface area contributed by atoms with Gasteiger partial charge >= 0.3 is 0 Å². The van der Waals surface area contributed by atoms with Crippen molar-refractivity contribution in [2.75, 3.05) is 0 Å². The Morgan fingerprint density at radius 2 is 2.19 bits per heavy atom. The van der Waals surface area contributed by atoms with Crippen LogP contribution in [0.2, 0.25) is 0 Å². The average molecular weight is 282 g/mol. The molecule has 1 aliphatic rings. The number of aromatic nitrogens is 3. The minimum Gasteiger partial charge on any atom is -0.472 e. The highest BCUT2D eigenvalue weighted by Gasteiger charge is 2.19. The van der Waals surface area contributed by atoms with Crippen LogP contribution in [0.1, 0.15) is 25.7 Å². The Labute approximate surface area is 102 Å². The third kappa shape index (κ3) is 1.80. The summed E-state index contributed by atoms with van der Waals surface area (Å²) >= 11 is 3.38. The lowest BCUT2D eigenvalue weighted by molar-refractivity contribution is 0.202. The summed E-state index contributed by atoms with van der Waals surface area (Å²) < 4.78 is 8.59. The lowest BCUT2D eigenvalue weighted by atomic mass is 10.3. The highest BCUT2D eigenvalue weighted by molar-refractivity contribution is 9.10. The summed E-state index contributed by atoms with van der Waals surface area (Å²) in [7, 11) is 0. The molecular formula is C11H12BrN3O. The van der Waals surface area contributed by atoms with Gasteiger partial charge in [0.1, 0.15) is 10.7 Å². The smallest absolute Gasteiger partial charge is 0.259 e. The Kier molecular flexibility index (Phi) is 2.55. The number of fused-ring (bicyclic) bond motifs is 1. The molecule has 0 atom stereocenters. The molecule has 0 aliphatic heterocycles. The van der Waals surface area contributed by atoms with Gasteiger partial charge in [-0.3, -0.25) is 4.40 Å². The van der Waals surface area contributed by atoms with Gasteiger partial charge in [-0.2, -0.15) is 0 Å². The Bertz CT molecular complexity index is 505. The zero-order valence-corrected chi connectivity index (χ0v) is 10.4. The van der Waals surface area contributed by atoms with Gasteiger partial charge in [-0.15, -0.1) is 0 Å². The van der Waals surface area contributed by atoms with E-state index in [0.717, 1.165) is 23.1 Å². The quantitative estimate of drug-likeness (QED) is 0.850. The SMILES string of the molecule is Brc1cn2ccnc2c(OC2CCCC2)n1. The van der Waals surface area contributed by atoms with E-state index in [1.54, 1.807) is 6.20 Å². The molecule has 4 nitrogen and oxygen atoms in total. The first kappa shape index (κ1) is 10.1. The second kappa shape index (κ2) is 4.05. The van der Waals surface area contributed by atoms with Gasteiger partial charge in [0.15, 0.2) is 0 Å². The van der Waals surface area contributed by atoms with Crippen LogP contribution in [0.5, 0.6) is 5.88 Å².